The van der Waals surface area contributed by atoms with Crippen LogP contribution in [0, 0.1) is 5.39 Å². The molecule has 11 heavy (non-hydrogen) atoms. The zero-order valence-electron chi connectivity index (χ0n) is 5.57. The standard InChI is InChI=1S/C5H6Cl2N2O2/c6-1-4(2-7)11-5(10)3-9-8/h3-4H,1-2H2/p+1. The molecular formula is C5H7Cl2N2O2+. The summed E-state index contributed by atoms with van der Waals surface area (Å²) in [5, 5.41) is 16.7. The fourth-order valence-corrected chi connectivity index (χ4v) is 0.811. The third-order valence-electron chi connectivity index (χ3n) is 0.800. The highest BCUT2D eigenvalue weighted by atomic mass is 35.5. The van der Waals surface area contributed by atoms with Crippen molar-refractivity contribution < 1.29 is 9.84 Å². The van der Waals surface area contributed by atoms with Crippen molar-refractivity contribution in [2.75, 3.05) is 11.8 Å². The third kappa shape index (κ3) is 4.71. The minimum absolute atomic E-state index is 0.160. The molecule has 0 saturated carbocycles. The molecule has 6 heteroatoms. The molecule has 1 N–H and O–H groups in total. The molecule has 0 aliphatic heterocycles. The number of aliphatic hydroxyl groups excluding tert-OH is 1. The first-order chi connectivity index (χ1) is 5.24. The maximum absolute atomic E-state index is 8.75. The van der Waals surface area contributed by atoms with Crippen LogP contribution >= 0.6 is 23.2 Å². The maximum atomic E-state index is 8.75. The predicted molar refractivity (Wildman–Crippen MR) is 42.1 cm³/mol. The summed E-state index contributed by atoms with van der Waals surface area (Å²) in [7, 11) is 0. The Hall–Kier alpha value is -0.660. The van der Waals surface area contributed by atoms with Crippen molar-refractivity contribution >= 4 is 23.2 Å². The minimum atomic E-state index is -0.515. The lowest BCUT2D eigenvalue weighted by molar-refractivity contribution is 0.0555. The largest absolute Gasteiger partial charge is 0.476 e. The molecule has 0 aromatic heterocycles. The Morgan fingerprint density at radius 3 is 2.55 bits per heavy atom. The summed E-state index contributed by atoms with van der Waals surface area (Å²) in [5.74, 6) is -0.196. The second-order valence-corrected chi connectivity index (χ2v) is 2.25. The molecule has 0 rings (SSSR count). The molecule has 62 valence electrons. The lowest BCUT2D eigenvalue weighted by Gasteiger charge is -2.09. The normalized spacial score (nSPS) is 11.3. The quantitative estimate of drug-likeness (QED) is 0.427. The van der Waals surface area contributed by atoms with E-state index in [0.717, 1.165) is 6.20 Å². The van der Waals surface area contributed by atoms with E-state index in [0.29, 0.717) is 0 Å². The van der Waals surface area contributed by atoms with Gasteiger partial charge in [0.2, 0.25) is 5.39 Å². The van der Waals surface area contributed by atoms with Crippen LogP contribution in [-0.2, 0) is 4.74 Å². The van der Waals surface area contributed by atoms with E-state index in [4.69, 9.17) is 33.7 Å². The molecule has 0 aliphatic rings. The fourth-order valence-electron chi connectivity index (χ4n) is 0.355. The molecule has 0 bridgehead atoms. The number of diazo groups is 1. The molecule has 0 aromatic rings. The van der Waals surface area contributed by atoms with Gasteiger partial charge >= 0.3 is 12.1 Å². The number of rotatable bonds is 4. The van der Waals surface area contributed by atoms with Crippen LogP contribution in [0.3, 0.4) is 0 Å². The van der Waals surface area contributed by atoms with Crippen molar-refractivity contribution in [3.63, 3.8) is 0 Å². The number of hydrogen-bond donors (Lipinski definition) is 1. The van der Waals surface area contributed by atoms with Gasteiger partial charge < -0.3 is 9.84 Å². The SMILES string of the molecule is N#[N+]C=C(O)OC(CCl)CCl. The lowest BCUT2D eigenvalue weighted by atomic mass is 10.5. The summed E-state index contributed by atoms with van der Waals surface area (Å²) < 4.78 is 4.69. The van der Waals surface area contributed by atoms with Crippen LogP contribution in [0.15, 0.2) is 12.1 Å². The van der Waals surface area contributed by atoms with Gasteiger partial charge in [-0.15, -0.1) is 23.2 Å². The van der Waals surface area contributed by atoms with E-state index in [-0.39, 0.29) is 11.8 Å². The second kappa shape index (κ2) is 6.08. The Morgan fingerprint density at radius 1 is 1.64 bits per heavy atom. The highest BCUT2D eigenvalue weighted by Crippen LogP contribution is 2.03. The summed E-state index contributed by atoms with van der Waals surface area (Å²) in [6.07, 6.45) is 0.267. The van der Waals surface area contributed by atoms with Gasteiger partial charge in [0.1, 0.15) is 6.10 Å². The number of nitrogens with zero attached hydrogens (tertiary/aromatic N) is 2. The first-order valence-electron chi connectivity index (χ1n) is 2.76. The summed E-state index contributed by atoms with van der Waals surface area (Å²) in [6.45, 7) is 0. The van der Waals surface area contributed by atoms with E-state index < -0.39 is 12.0 Å². The van der Waals surface area contributed by atoms with Crippen LogP contribution in [0.1, 0.15) is 0 Å². The fraction of sp³-hybridized carbons (Fsp3) is 0.600. The Kier molecular flexibility index (Phi) is 5.71. The number of aliphatic hydroxyl groups is 1. The van der Waals surface area contributed by atoms with E-state index >= 15 is 0 Å². The van der Waals surface area contributed by atoms with Crippen LogP contribution in [-0.4, -0.2) is 23.0 Å². The highest BCUT2D eigenvalue weighted by Gasteiger charge is 2.10. The van der Waals surface area contributed by atoms with Crippen LogP contribution in [0.2, 0.25) is 0 Å². The molecule has 0 aromatic carbocycles. The number of halogens is 2. The van der Waals surface area contributed by atoms with Crippen LogP contribution in [0.5, 0.6) is 0 Å². The van der Waals surface area contributed by atoms with Gasteiger partial charge in [0.05, 0.1) is 11.8 Å². The molecule has 0 unspecified atom stereocenters. The molecule has 0 amide bonds. The molecule has 0 atom stereocenters. The zero-order valence-corrected chi connectivity index (χ0v) is 7.09. The number of hydrogen-bond acceptors (Lipinski definition) is 3. The van der Waals surface area contributed by atoms with E-state index in [1.54, 1.807) is 0 Å². The van der Waals surface area contributed by atoms with E-state index in [9.17, 15) is 0 Å². The topological polar surface area (TPSA) is 57.6 Å². The number of ether oxygens (including phenoxy) is 1. The van der Waals surface area contributed by atoms with Gasteiger partial charge in [-0.25, -0.2) is 0 Å². The molecule has 0 saturated heterocycles. The first-order valence-corrected chi connectivity index (χ1v) is 3.83. The average Bonchev–Trinajstić information content (AvgIpc) is 2.01. The smallest absolute Gasteiger partial charge is 0.429 e. The van der Waals surface area contributed by atoms with Gasteiger partial charge in [0.15, 0.2) is 4.98 Å². The van der Waals surface area contributed by atoms with Crippen molar-refractivity contribution in [2.24, 2.45) is 0 Å². The third-order valence-corrected chi connectivity index (χ3v) is 1.49. The molecule has 0 spiro atoms. The summed E-state index contributed by atoms with van der Waals surface area (Å²) in [4.78, 5) is 2.53. The monoisotopic (exact) mass is 197 g/mol. The van der Waals surface area contributed by atoms with E-state index in [1.807, 2.05) is 0 Å². The summed E-state index contributed by atoms with van der Waals surface area (Å²) in [6, 6.07) is 0. The first kappa shape index (κ1) is 10.3. The molecule has 0 radical (unpaired) electrons. The van der Waals surface area contributed by atoms with Crippen LogP contribution in [0.4, 0.5) is 0 Å². The molecule has 4 nitrogen and oxygen atoms in total. The summed E-state index contributed by atoms with van der Waals surface area (Å²) >= 11 is 10.7. The number of alkyl halides is 2. The van der Waals surface area contributed by atoms with Crippen LogP contribution < -0.4 is 0 Å². The van der Waals surface area contributed by atoms with Gasteiger partial charge in [-0.2, -0.15) is 0 Å². The lowest BCUT2D eigenvalue weighted by Crippen LogP contribution is -2.15. The summed E-state index contributed by atoms with van der Waals surface area (Å²) in [5.41, 5.74) is 0. The van der Waals surface area contributed by atoms with Gasteiger partial charge in [0.25, 0.3) is 0 Å². The van der Waals surface area contributed by atoms with Crippen molar-refractivity contribution in [3.8, 4) is 0 Å². The Balaban J connectivity index is 3.83. The maximum Gasteiger partial charge on any atom is 0.429 e. The minimum Gasteiger partial charge on any atom is -0.476 e. The van der Waals surface area contributed by atoms with E-state index in [1.165, 1.54) is 0 Å². The molecule has 0 fully saturated rings. The molecular weight excluding hydrogens is 191 g/mol. The van der Waals surface area contributed by atoms with Crippen molar-refractivity contribution in [1.29, 1.82) is 5.39 Å². The van der Waals surface area contributed by atoms with Gasteiger partial charge in [-0.05, 0) is 0 Å². The Bertz CT molecular complexity index is 174. The average molecular weight is 198 g/mol. The molecule has 0 heterocycles. The Morgan fingerprint density at radius 2 is 2.18 bits per heavy atom. The van der Waals surface area contributed by atoms with Crippen molar-refractivity contribution in [1.82, 2.24) is 0 Å². The predicted octanol–water partition coefficient (Wildman–Crippen LogP) is 2.06. The van der Waals surface area contributed by atoms with Crippen LogP contribution in [0.25, 0.3) is 4.98 Å². The molecule has 0 aliphatic carbocycles. The van der Waals surface area contributed by atoms with Gasteiger partial charge in [0, 0.05) is 0 Å². The van der Waals surface area contributed by atoms with Crippen molar-refractivity contribution in [2.45, 2.75) is 6.10 Å². The van der Waals surface area contributed by atoms with Gasteiger partial charge in [-0.1, -0.05) is 0 Å². The second-order valence-electron chi connectivity index (χ2n) is 1.63. The van der Waals surface area contributed by atoms with Gasteiger partial charge in [-0.3, -0.25) is 0 Å². The Labute approximate surface area is 74.0 Å². The zero-order chi connectivity index (χ0) is 8.69. The van der Waals surface area contributed by atoms with Crippen molar-refractivity contribution in [3.05, 3.63) is 17.1 Å². The highest BCUT2D eigenvalue weighted by molar-refractivity contribution is 6.21. The van der Waals surface area contributed by atoms with E-state index in [2.05, 4.69) is 9.71 Å².